The Morgan fingerprint density at radius 2 is 1.86 bits per heavy atom. The Morgan fingerprint density at radius 3 is 2.37 bits per heavy atom. The molecule has 8 heteroatoms. The molecule has 0 saturated heterocycles. The Balaban J connectivity index is 2.41. The zero-order chi connectivity index (χ0) is 26.2. The Labute approximate surface area is 209 Å². The van der Waals surface area contributed by atoms with Gasteiger partial charge in [-0.25, -0.2) is 4.79 Å². The second kappa shape index (κ2) is 12.8. The van der Waals surface area contributed by atoms with Crippen LogP contribution in [0.25, 0.3) is 0 Å². The molecule has 2 atom stereocenters. The molecule has 1 aliphatic carbocycles. The molecule has 1 aromatic carbocycles. The smallest absolute Gasteiger partial charge is 0.408 e. The Kier molecular flexibility index (Phi) is 10.4. The summed E-state index contributed by atoms with van der Waals surface area (Å²) in [6.07, 6.45) is 4.73. The third kappa shape index (κ3) is 8.44. The molecule has 196 valence electrons. The highest BCUT2D eigenvalue weighted by Crippen LogP contribution is 2.35. The molecule has 2 unspecified atom stereocenters. The second-order valence-corrected chi connectivity index (χ2v) is 10.7. The van der Waals surface area contributed by atoms with Crippen LogP contribution in [0, 0.1) is 5.92 Å². The second-order valence-electron chi connectivity index (χ2n) is 10.7. The first-order valence-electron chi connectivity index (χ1n) is 12.8. The van der Waals surface area contributed by atoms with E-state index >= 15 is 0 Å². The van der Waals surface area contributed by atoms with Gasteiger partial charge in [0.1, 0.15) is 23.4 Å². The van der Waals surface area contributed by atoms with Gasteiger partial charge in [-0.3, -0.25) is 9.59 Å². The lowest BCUT2D eigenvalue weighted by Gasteiger charge is -2.44. The number of carbonyl (C=O) groups excluding carboxylic acids is 3. The number of amides is 3. The molecule has 0 spiro atoms. The molecular weight excluding hydrogens is 446 g/mol. The van der Waals surface area contributed by atoms with Crippen molar-refractivity contribution in [3.05, 3.63) is 29.8 Å². The van der Waals surface area contributed by atoms with Gasteiger partial charge in [0.15, 0.2) is 0 Å². The average molecular weight is 490 g/mol. The maximum Gasteiger partial charge on any atom is 0.408 e. The van der Waals surface area contributed by atoms with E-state index in [9.17, 15) is 19.5 Å². The van der Waals surface area contributed by atoms with E-state index in [0.717, 1.165) is 38.5 Å². The van der Waals surface area contributed by atoms with Gasteiger partial charge in [0.05, 0.1) is 0 Å². The van der Waals surface area contributed by atoms with Crippen molar-refractivity contribution >= 4 is 17.9 Å². The van der Waals surface area contributed by atoms with Crippen LogP contribution in [0.2, 0.25) is 0 Å². The summed E-state index contributed by atoms with van der Waals surface area (Å²) in [5.74, 6) is -0.811. The fraction of sp³-hybridized carbons (Fsp3) is 0.667. The molecule has 0 bridgehead atoms. The van der Waals surface area contributed by atoms with Gasteiger partial charge in [-0.05, 0) is 70.1 Å². The summed E-state index contributed by atoms with van der Waals surface area (Å²) < 4.78 is 5.40. The van der Waals surface area contributed by atoms with Gasteiger partial charge in [-0.2, -0.15) is 0 Å². The van der Waals surface area contributed by atoms with Crippen LogP contribution >= 0.6 is 0 Å². The van der Waals surface area contributed by atoms with Crippen LogP contribution in [-0.4, -0.2) is 52.1 Å². The molecule has 3 amide bonds. The number of nitrogens with zero attached hydrogens (tertiary/aromatic N) is 1. The lowest BCUT2D eigenvalue weighted by Crippen LogP contribution is -2.58. The van der Waals surface area contributed by atoms with Crippen molar-refractivity contribution in [2.75, 3.05) is 6.54 Å². The number of aromatic hydroxyl groups is 1. The van der Waals surface area contributed by atoms with Gasteiger partial charge in [0, 0.05) is 12.6 Å². The SMILES string of the molecule is CCCCCNC(=O)C(c1cccc(O)c1)N(C(=O)C(NC(=O)OC(C)(C)C)C(C)C)C1CCC1. The van der Waals surface area contributed by atoms with E-state index in [4.69, 9.17) is 4.74 Å². The number of nitrogens with one attached hydrogen (secondary N) is 2. The fourth-order valence-electron chi connectivity index (χ4n) is 4.11. The average Bonchev–Trinajstić information content (AvgIpc) is 2.71. The van der Waals surface area contributed by atoms with Gasteiger partial charge in [0.25, 0.3) is 0 Å². The van der Waals surface area contributed by atoms with Crippen molar-refractivity contribution in [1.29, 1.82) is 0 Å². The van der Waals surface area contributed by atoms with E-state index in [2.05, 4.69) is 17.6 Å². The first-order valence-corrected chi connectivity index (χ1v) is 12.8. The largest absolute Gasteiger partial charge is 0.508 e. The van der Waals surface area contributed by atoms with E-state index in [1.54, 1.807) is 37.8 Å². The number of ether oxygens (including phenoxy) is 1. The van der Waals surface area contributed by atoms with E-state index in [0.29, 0.717) is 12.1 Å². The summed E-state index contributed by atoms with van der Waals surface area (Å²) in [4.78, 5) is 41.7. The molecule has 1 fully saturated rings. The van der Waals surface area contributed by atoms with Crippen LogP contribution in [0.15, 0.2) is 24.3 Å². The zero-order valence-corrected chi connectivity index (χ0v) is 22.1. The van der Waals surface area contributed by atoms with Crippen molar-refractivity contribution in [3.8, 4) is 5.75 Å². The molecule has 0 radical (unpaired) electrons. The minimum Gasteiger partial charge on any atom is -0.508 e. The highest BCUT2D eigenvalue weighted by molar-refractivity contribution is 5.92. The lowest BCUT2D eigenvalue weighted by molar-refractivity contribution is -0.148. The molecule has 1 aromatic rings. The number of rotatable bonds is 11. The molecule has 0 aliphatic heterocycles. The number of hydrogen-bond donors (Lipinski definition) is 3. The van der Waals surface area contributed by atoms with Crippen molar-refractivity contribution in [1.82, 2.24) is 15.5 Å². The van der Waals surface area contributed by atoms with Crippen LogP contribution in [0.3, 0.4) is 0 Å². The standard InChI is InChI=1S/C27H43N3O5/c1-7-8-9-16-28-24(32)23(19-12-10-15-21(31)17-19)30(20-13-11-14-20)25(33)22(18(2)3)29-26(34)35-27(4,5)6/h10,12,15,17-18,20,22-23,31H,7-9,11,13-14,16H2,1-6H3,(H,28,32)(H,29,34). The maximum absolute atomic E-state index is 14.0. The monoisotopic (exact) mass is 489 g/mol. The summed E-state index contributed by atoms with van der Waals surface area (Å²) in [5.41, 5.74) is -0.164. The molecule has 1 saturated carbocycles. The summed E-state index contributed by atoms with van der Waals surface area (Å²) >= 11 is 0. The van der Waals surface area contributed by atoms with Crippen molar-refractivity contribution in [3.63, 3.8) is 0 Å². The predicted molar refractivity (Wildman–Crippen MR) is 136 cm³/mol. The third-order valence-electron chi connectivity index (χ3n) is 6.12. The fourth-order valence-corrected chi connectivity index (χ4v) is 4.11. The van der Waals surface area contributed by atoms with E-state index in [1.807, 2.05) is 13.8 Å². The molecule has 8 nitrogen and oxygen atoms in total. The number of hydrogen-bond acceptors (Lipinski definition) is 5. The number of alkyl carbamates (subject to hydrolysis) is 1. The highest BCUT2D eigenvalue weighted by atomic mass is 16.6. The molecule has 1 aliphatic rings. The first-order chi connectivity index (χ1) is 16.4. The first kappa shape index (κ1) is 28.5. The van der Waals surface area contributed by atoms with Gasteiger partial charge in [0.2, 0.25) is 11.8 Å². The molecule has 3 N–H and O–H groups in total. The summed E-state index contributed by atoms with van der Waals surface area (Å²) in [5, 5.41) is 15.9. The summed E-state index contributed by atoms with van der Waals surface area (Å²) in [7, 11) is 0. The molecule has 0 heterocycles. The summed E-state index contributed by atoms with van der Waals surface area (Å²) in [6.45, 7) is 11.6. The minimum atomic E-state index is -0.914. The van der Waals surface area contributed by atoms with Crippen LogP contribution < -0.4 is 10.6 Å². The van der Waals surface area contributed by atoms with Gasteiger partial charge in [-0.1, -0.05) is 45.7 Å². The van der Waals surface area contributed by atoms with Crippen LogP contribution in [0.5, 0.6) is 5.75 Å². The van der Waals surface area contributed by atoms with Crippen LogP contribution in [-0.2, 0) is 14.3 Å². The minimum absolute atomic E-state index is 0.0274. The molecule has 35 heavy (non-hydrogen) atoms. The highest BCUT2D eigenvalue weighted by Gasteiger charge is 2.42. The van der Waals surface area contributed by atoms with Gasteiger partial charge < -0.3 is 25.4 Å². The lowest BCUT2D eigenvalue weighted by atomic mass is 9.87. The summed E-state index contributed by atoms with van der Waals surface area (Å²) in [6, 6.07) is 4.58. The normalized spacial score (nSPS) is 15.6. The van der Waals surface area contributed by atoms with E-state index < -0.39 is 23.8 Å². The Hall–Kier alpha value is -2.77. The van der Waals surface area contributed by atoms with E-state index in [-0.39, 0.29) is 29.5 Å². The van der Waals surface area contributed by atoms with E-state index in [1.165, 1.54) is 12.1 Å². The van der Waals surface area contributed by atoms with Crippen molar-refractivity contribution in [2.24, 2.45) is 5.92 Å². The van der Waals surface area contributed by atoms with Gasteiger partial charge in [-0.15, -0.1) is 0 Å². The maximum atomic E-state index is 14.0. The number of phenols is 1. The Bertz CT molecular complexity index is 861. The van der Waals surface area contributed by atoms with Crippen molar-refractivity contribution in [2.45, 2.75) is 104 Å². The number of unbranched alkanes of at least 4 members (excludes halogenated alkanes) is 2. The molecular formula is C27H43N3O5. The van der Waals surface area contributed by atoms with Gasteiger partial charge >= 0.3 is 6.09 Å². The number of benzene rings is 1. The zero-order valence-electron chi connectivity index (χ0n) is 22.1. The third-order valence-corrected chi connectivity index (χ3v) is 6.12. The van der Waals surface area contributed by atoms with Crippen LogP contribution in [0.4, 0.5) is 4.79 Å². The molecule has 2 rings (SSSR count). The predicted octanol–water partition coefficient (Wildman–Crippen LogP) is 4.67. The number of phenolic OH excluding ortho intramolecular Hbond substituents is 1. The Morgan fingerprint density at radius 1 is 1.17 bits per heavy atom. The molecule has 0 aromatic heterocycles. The quantitative estimate of drug-likeness (QED) is 0.392. The number of carbonyl (C=O) groups is 3. The topological polar surface area (TPSA) is 108 Å². The van der Waals surface area contributed by atoms with Crippen molar-refractivity contribution < 1.29 is 24.2 Å². The van der Waals surface area contributed by atoms with Crippen LogP contribution in [0.1, 0.15) is 91.7 Å².